The van der Waals surface area contributed by atoms with Crippen LogP contribution in [0.5, 0.6) is 0 Å². The molecular formula is C23H24F3N5. The number of halogens is 3. The molecule has 0 spiro atoms. The lowest BCUT2D eigenvalue weighted by Gasteiger charge is -2.24. The van der Waals surface area contributed by atoms with Crippen molar-refractivity contribution < 1.29 is 13.2 Å². The van der Waals surface area contributed by atoms with Crippen LogP contribution < -0.4 is 0 Å². The third-order valence-corrected chi connectivity index (χ3v) is 5.58. The molecule has 5 nitrogen and oxygen atoms in total. The van der Waals surface area contributed by atoms with Gasteiger partial charge in [-0.1, -0.05) is 12.1 Å². The summed E-state index contributed by atoms with van der Waals surface area (Å²) >= 11 is 0. The Hall–Kier alpha value is -3.13. The smallest absolute Gasteiger partial charge is 0.297 e. The summed E-state index contributed by atoms with van der Waals surface area (Å²) in [4.78, 5) is 6.49. The number of aryl methyl sites for hydroxylation is 1. The molecule has 4 aromatic rings. The Kier molecular flexibility index (Phi) is 6.08. The fraction of sp³-hybridized carbons (Fsp3) is 0.304. The van der Waals surface area contributed by atoms with Crippen molar-refractivity contribution in [3.8, 4) is 11.3 Å². The van der Waals surface area contributed by atoms with E-state index in [2.05, 4.69) is 15.2 Å². The molecule has 2 aromatic heterocycles. The van der Waals surface area contributed by atoms with E-state index in [0.717, 1.165) is 34.4 Å². The molecule has 0 saturated carbocycles. The number of imidazole rings is 1. The van der Waals surface area contributed by atoms with Crippen LogP contribution >= 0.6 is 0 Å². The first-order valence-electron chi connectivity index (χ1n) is 10.2. The van der Waals surface area contributed by atoms with Crippen LogP contribution in [-0.4, -0.2) is 38.2 Å². The van der Waals surface area contributed by atoms with Crippen molar-refractivity contribution >= 4 is 11.0 Å². The standard InChI is InChI=1S/C23H24F3N5/c1-15(22-27-19-7-3-4-8-21(19)31(22)23(25)26)30(2)13-5-6-18-14-20(29-28-18)16-9-11-17(24)12-10-16/h3-4,7-12,14-15,23H,5-6,13H2,1-2H3,(H,28,29). The molecule has 1 N–H and O–H groups in total. The highest BCUT2D eigenvalue weighted by Gasteiger charge is 2.24. The van der Waals surface area contributed by atoms with Crippen molar-refractivity contribution in [2.24, 2.45) is 0 Å². The minimum atomic E-state index is -2.65. The number of aromatic amines is 1. The molecule has 1 unspecified atom stereocenters. The number of H-pyrrole nitrogens is 1. The molecule has 2 aromatic carbocycles. The Bertz CT molecular complexity index is 1150. The maximum Gasteiger partial charge on any atom is 0.320 e. The summed E-state index contributed by atoms with van der Waals surface area (Å²) in [6, 6.07) is 14.9. The summed E-state index contributed by atoms with van der Waals surface area (Å²) in [6.07, 6.45) is 1.58. The Morgan fingerprint density at radius 3 is 2.58 bits per heavy atom. The van der Waals surface area contributed by atoms with Gasteiger partial charge in [0.1, 0.15) is 11.6 Å². The highest BCUT2D eigenvalue weighted by Crippen LogP contribution is 2.29. The van der Waals surface area contributed by atoms with Crippen LogP contribution in [-0.2, 0) is 6.42 Å². The number of rotatable bonds is 8. The Balaban J connectivity index is 1.39. The number of nitrogens with one attached hydrogen (secondary N) is 1. The molecule has 0 radical (unpaired) electrons. The first kappa shape index (κ1) is 21.1. The molecule has 0 aliphatic rings. The van der Waals surface area contributed by atoms with Crippen LogP contribution in [0.1, 0.15) is 37.5 Å². The van der Waals surface area contributed by atoms with E-state index in [4.69, 9.17) is 0 Å². The number of aromatic nitrogens is 4. The van der Waals surface area contributed by atoms with E-state index < -0.39 is 6.55 Å². The van der Waals surface area contributed by atoms with Gasteiger partial charge in [0.2, 0.25) is 0 Å². The van der Waals surface area contributed by atoms with Crippen molar-refractivity contribution in [2.75, 3.05) is 13.6 Å². The van der Waals surface area contributed by atoms with Gasteiger partial charge < -0.3 is 0 Å². The molecule has 0 bridgehead atoms. The van der Waals surface area contributed by atoms with Gasteiger partial charge >= 0.3 is 6.55 Å². The molecule has 0 saturated heterocycles. The van der Waals surface area contributed by atoms with E-state index in [1.165, 1.54) is 12.1 Å². The molecule has 0 amide bonds. The van der Waals surface area contributed by atoms with Crippen LogP contribution in [0.25, 0.3) is 22.3 Å². The van der Waals surface area contributed by atoms with E-state index in [1.807, 2.05) is 24.9 Å². The SMILES string of the molecule is CC(c1nc2ccccc2n1C(F)F)N(C)CCCc1cc(-c2ccc(F)cc2)n[nH]1. The van der Waals surface area contributed by atoms with Gasteiger partial charge in [-0.3, -0.25) is 14.6 Å². The van der Waals surface area contributed by atoms with E-state index in [1.54, 1.807) is 36.4 Å². The lowest BCUT2D eigenvalue weighted by molar-refractivity contribution is 0.0660. The van der Waals surface area contributed by atoms with Crippen molar-refractivity contribution in [3.05, 3.63) is 71.9 Å². The Morgan fingerprint density at radius 2 is 1.84 bits per heavy atom. The summed E-state index contributed by atoms with van der Waals surface area (Å²) in [5.41, 5.74) is 3.60. The summed E-state index contributed by atoms with van der Waals surface area (Å²) in [7, 11) is 1.91. The second-order valence-corrected chi connectivity index (χ2v) is 7.65. The van der Waals surface area contributed by atoms with Gasteiger partial charge in [0.15, 0.2) is 0 Å². The highest BCUT2D eigenvalue weighted by atomic mass is 19.3. The third-order valence-electron chi connectivity index (χ3n) is 5.58. The molecule has 4 rings (SSSR count). The Labute approximate surface area is 178 Å². The zero-order chi connectivity index (χ0) is 22.0. The van der Waals surface area contributed by atoms with E-state index in [9.17, 15) is 13.2 Å². The number of alkyl halides is 2. The van der Waals surface area contributed by atoms with Crippen LogP contribution in [0.4, 0.5) is 13.2 Å². The van der Waals surface area contributed by atoms with Crippen LogP contribution in [0, 0.1) is 5.82 Å². The maximum atomic E-state index is 13.7. The van der Waals surface area contributed by atoms with Crippen molar-refractivity contribution in [3.63, 3.8) is 0 Å². The number of benzene rings is 2. The fourth-order valence-corrected chi connectivity index (χ4v) is 3.73. The molecule has 31 heavy (non-hydrogen) atoms. The molecule has 2 heterocycles. The van der Waals surface area contributed by atoms with E-state index >= 15 is 0 Å². The number of fused-ring (bicyclic) bond motifs is 1. The number of para-hydroxylation sites is 2. The summed E-state index contributed by atoms with van der Waals surface area (Å²) in [6.45, 7) is -0.0466. The third kappa shape index (κ3) is 4.49. The first-order valence-corrected chi connectivity index (χ1v) is 10.2. The summed E-state index contributed by atoms with van der Waals surface area (Å²) in [5, 5.41) is 7.31. The van der Waals surface area contributed by atoms with Gasteiger partial charge in [-0.05, 0) is 75.8 Å². The van der Waals surface area contributed by atoms with Crippen molar-refractivity contribution in [1.82, 2.24) is 24.6 Å². The van der Waals surface area contributed by atoms with Crippen LogP contribution in [0.2, 0.25) is 0 Å². The molecule has 162 valence electrons. The highest BCUT2D eigenvalue weighted by molar-refractivity contribution is 5.76. The molecular weight excluding hydrogens is 403 g/mol. The minimum absolute atomic E-state index is 0.266. The average molecular weight is 427 g/mol. The van der Waals surface area contributed by atoms with Gasteiger partial charge in [-0.2, -0.15) is 13.9 Å². The Morgan fingerprint density at radius 1 is 1.10 bits per heavy atom. The van der Waals surface area contributed by atoms with Gasteiger partial charge in [0, 0.05) is 11.3 Å². The zero-order valence-corrected chi connectivity index (χ0v) is 17.4. The van der Waals surface area contributed by atoms with Gasteiger partial charge in [0.25, 0.3) is 0 Å². The van der Waals surface area contributed by atoms with Crippen LogP contribution in [0.15, 0.2) is 54.6 Å². The first-order chi connectivity index (χ1) is 14.9. The number of hydrogen-bond acceptors (Lipinski definition) is 3. The van der Waals surface area contributed by atoms with Crippen molar-refractivity contribution in [2.45, 2.75) is 32.4 Å². The molecule has 0 fully saturated rings. The largest absolute Gasteiger partial charge is 0.320 e. The molecule has 0 aliphatic carbocycles. The lowest BCUT2D eigenvalue weighted by Crippen LogP contribution is -2.26. The number of nitrogens with zero attached hydrogens (tertiary/aromatic N) is 4. The second kappa shape index (κ2) is 8.93. The fourth-order valence-electron chi connectivity index (χ4n) is 3.73. The minimum Gasteiger partial charge on any atom is -0.297 e. The lowest BCUT2D eigenvalue weighted by atomic mass is 10.1. The van der Waals surface area contributed by atoms with Gasteiger partial charge in [-0.25, -0.2) is 9.37 Å². The van der Waals surface area contributed by atoms with Gasteiger partial charge in [0.05, 0.1) is 22.8 Å². The maximum absolute atomic E-state index is 13.7. The van der Waals surface area contributed by atoms with E-state index in [-0.39, 0.29) is 11.9 Å². The summed E-state index contributed by atoms with van der Waals surface area (Å²) < 4.78 is 41.6. The molecule has 8 heteroatoms. The quantitative estimate of drug-likeness (QED) is 0.399. The zero-order valence-electron chi connectivity index (χ0n) is 17.4. The number of hydrogen-bond donors (Lipinski definition) is 1. The van der Waals surface area contributed by atoms with Crippen molar-refractivity contribution in [1.29, 1.82) is 0 Å². The normalized spacial score (nSPS) is 12.9. The molecule has 1 atom stereocenters. The molecule has 0 aliphatic heterocycles. The predicted octanol–water partition coefficient (Wildman–Crippen LogP) is 5.59. The topological polar surface area (TPSA) is 49.7 Å². The van der Waals surface area contributed by atoms with E-state index in [0.29, 0.717) is 23.4 Å². The predicted molar refractivity (Wildman–Crippen MR) is 114 cm³/mol. The second-order valence-electron chi connectivity index (χ2n) is 7.65. The monoisotopic (exact) mass is 427 g/mol. The average Bonchev–Trinajstić information content (AvgIpc) is 3.38. The van der Waals surface area contributed by atoms with Gasteiger partial charge in [-0.15, -0.1) is 0 Å². The van der Waals surface area contributed by atoms with Crippen LogP contribution in [0.3, 0.4) is 0 Å². The summed E-state index contributed by atoms with van der Waals surface area (Å²) in [5.74, 6) is 0.0795.